The van der Waals surface area contributed by atoms with Crippen molar-refractivity contribution in [2.45, 2.75) is 47.0 Å². The van der Waals surface area contributed by atoms with E-state index in [0.717, 1.165) is 52.4 Å². The number of hydrogen-bond acceptors (Lipinski definition) is 3. The maximum absolute atomic E-state index is 13.5. The predicted octanol–water partition coefficient (Wildman–Crippen LogP) is 5.85. The van der Waals surface area contributed by atoms with E-state index in [1.807, 2.05) is 44.2 Å². The molecule has 0 aliphatic rings. The summed E-state index contributed by atoms with van der Waals surface area (Å²) >= 11 is 0. The molecule has 0 aliphatic carbocycles. The van der Waals surface area contributed by atoms with Crippen LogP contribution in [-0.2, 0) is 19.3 Å². The topological polar surface area (TPSA) is 39.4 Å². The Bertz CT molecular complexity index is 956. The van der Waals surface area contributed by atoms with E-state index < -0.39 is 0 Å². The Labute approximate surface area is 167 Å². The maximum atomic E-state index is 13.5. The number of furan rings is 1. The van der Waals surface area contributed by atoms with Gasteiger partial charge in [0.05, 0.1) is 12.7 Å². The smallest absolute Gasteiger partial charge is 0.196 e. The largest absolute Gasteiger partial charge is 0.496 e. The molecule has 0 atom stereocenters. The van der Waals surface area contributed by atoms with Crippen LogP contribution >= 0.6 is 0 Å². The standard InChI is InChI=1S/C25H28O3/c1-6-19-14-21(15-20(7-2)25(19)27-5)24(26)23-16(3)17(4)28-22(23)13-18-11-9-8-10-12-18/h8-12,14-15H,6-7,13H2,1-5H3. The van der Waals surface area contributed by atoms with Gasteiger partial charge in [-0.25, -0.2) is 0 Å². The van der Waals surface area contributed by atoms with Crippen molar-refractivity contribution in [1.82, 2.24) is 0 Å². The summed E-state index contributed by atoms with van der Waals surface area (Å²) in [5.74, 6) is 2.45. The maximum Gasteiger partial charge on any atom is 0.196 e. The third-order valence-corrected chi connectivity index (χ3v) is 5.36. The van der Waals surface area contributed by atoms with Gasteiger partial charge in [0, 0.05) is 17.5 Å². The average molecular weight is 376 g/mol. The molecular formula is C25H28O3. The van der Waals surface area contributed by atoms with E-state index in [2.05, 4.69) is 26.0 Å². The van der Waals surface area contributed by atoms with Gasteiger partial charge in [0.15, 0.2) is 5.78 Å². The first-order chi connectivity index (χ1) is 13.5. The molecule has 0 radical (unpaired) electrons. The van der Waals surface area contributed by atoms with Crippen LogP contribution in [0.15, 0.2) is 46.9 Å². The van der Waals surface area contributed by atoms with Crippen molar-refractivity contribution in [3.63, 3.8) is 0 Å². The number of rotatable bonds is 7. The van der Waals surface area contributed by atoms with E-state index >= 15 is 0 Å². The number of methoxy groups -OCH3 is 1. The van der Waals surface area contributed by atoms with Crippen LogP contribution in [0.5, 0.6) is 5.75 Å². The second kappa shape index (κ2) is 8.47. The summed E-state index contributed by atoms with van der Waals surface area (Å²) in [6.07, 6.45) is 2.24. The minimum Gasteiger partial charge on any atom is -0.496 e. The molecule has 0 saturated heterocycles. The third kappa shape index (κ3) is 3.75. The lowest BCUT2D eigenvalue weighted by molar-refractivity contribution is 0.103. The minimum absolute atomic E-state index is 0.0207. The van der Waals surface area contributed by atoms with E-state index in [-0.39, 0.29) is 5.78 Å². The highest BCUT2D eigenvalue weighted by Gasteiger charge is 2.24. The number of carbonyl (C=O) groups is 1. The third-order valence-electron chi connectivity index (χ3n) is 5.36. The first-order valence-electron chi connectivity index (χ1n) is 9.87. The van der Waals surface area contributed by atoms with Crippen molar-refractivity contribution >= 4 is 5.78 Å². The second-order valence-corrected chi connectivity index (χ2v) is 7.11. The van der Waals surface area contributed by atoms with Gasteiger partial charge < -0.3 is 9.15 Å². The fourth-order valence-corrected chi connectivity index (χ4v) is 3.72. The number of aryl methyl sites for hydroxylation is 3. The molecular weight excluding hydrogens is 348 g/mol. The summed E-state index contributed by atoms with van der Waals surface area (Å²) < 4.78 is 11.6. The van der Waals surface area contributed by atoms with Gasteiger partial charge >= 0.3 is 0 Å². The van der Waals surface area contributed by atoms with Gasteiger partial charge in [-0.05, 0) is 55.5 Å². The molecule has 0 N–H and O–H groups in total. The number of ketones is 1. The molecule has 28 heavy (non-hydrogen) atoms. The Hall–Kier alpha value is -2.81. The zero-order chi connectivity index (χ0) is 20.3. The normalized spacial score (nSPS) is 10.9. The number of benzene rings is 2. The monoisotopic (exact) mass is 376 g/mol. The summed E-state index contributed by atoms with van der Waals surface area (Å²) in [5, 5.41) is 0. The summed E-state index contributed by atoms with van der Waals surface area (Å²) in [5.41, 5.74) is 5.56. The van der Waals surface area contributed by atoms with Gasteiger partial charge in [-0.3, -0.25) is 4.79 Å². The highest BCUT2D eigenvalue weighted by atomic mass is 16.5. The molecule has 0 unspecified atom stereocenters. The van der Waals surface area contributed by atoms with Crippen molar-refractivity contribution in [2.75, 3.05) is 7.11 Å². The van der Waals surface area contributed by atoms with E-state index in [4.69, 9.17) is 9.15 Å². The SMILES string of the molecule is CCc1cc(C(=O)c2c(Cc3ccccc3)oc(C)c2C)cc(CC)c1OC. The van der Waals surface area contributed by atoms with Gasteiger partial charge in [0.25, 0.3) is 0 Å². The van der Waals surface area contributed by atoms with Crippen LogP contribution in [0.3, 0.4) is 0 Å². The number of ether oxygens (including phenoxy) is 1. The molecule has 146 valence electrons. The summed E-state index contributed by atoms with van der Waals surface area (Å²) in [6.45, 7) is 8.05. The van der Waals surface area contributed by atoms with Crippen molar-refractivity contribution in [3.8, 4) is 5.75 Å². The summed E-state index contributed by atoms with van der Waals surface area (Å²) in [4.78, 5) is 13.5. The molecule has 0 fully saturated rings. The van der Waals surface area contributed by atoms with E-state index in [1.54, 1.807) is 7.11 Å². The molecule has 3 rings (SSSR count). The summed E-state index contributed by atoms with van der Waals surface area (Å²) in [6, 6.07) is 14.0. The van der Waals surface area contributed by atoms with Crippen LogP contribution in [0.25, 0.3) is 0 Å². The molecule has 0 amide bonds. The lowest BCUT2D eigenvalue weighted by atomic mass is 9.93. The van der Waals surface area contributed by atoms with Crippen molar-refractivity contribution in [1.29, 1.82) is 0 Å². The molecule has 3 heteroatoms. The Balaban J connectivity index is 2.08. The molecule has 1 aromatic heterocycles. The molecule has 0 spiro atoms. The highest BCUT2D eigenvalue weighted by Crippen LogP contribution is 2.31. The van der Waals surface area contributed by atoms with Crippen molar-refractivity contribution < 1.29 is 13.9 Å². The second-order valence-electron chi connectivity index (χ2n) is 7.11. The predicted molar refractivity (Wildman–Crippen MR) is 113 cm³/mol. The average Bonchev–Trinajstić information content (AvgIpc) is 3.00. The number of hydrogen-bond donors (Lipinski definition) is 0. The molecule has 3 nitrogen and oxygen atoms in total. The fraction of sp³-hybridized carbons (Fsp3) is 0.320. The number of carbonyl (C=O) groups excluding carboxylic acids is 1. The van der Waals surface area contributed by atoms with Crippen LogP contribution in [0, 0.1) is 13.8 Å². The Morgan fingerprint density at radius 2 is 1.61 bits per heavy atom. The minimum atomic E-state index is 0.0207. The quantitative estimate of drug-likeness (QED) is 0.485. The zero-order valence-electron chi connectivity index (χ0n) is 17.4. The Morgan fingerprint density at radius 1 is 1.00 bits per heavy atom. The fourth-order valence-electron chi connectivity index (χ4n) is 3.72. The lowest BCUT2D eigenvalue weighted by Crippen LogP contribution is -2.08. The van der Waals surface area contributed by atoms with Gasteiger partial charge in [-0.15, -0.1) is 0 Å². The molecule has 0 bridgehead atoms. The molecule has 3 aromatic rings. The van der Waals surface area contributed by atoms with Gasteiger partial charge in [0.1, 0.15) is 17.3 Å². The van der Waals surface area contributed by atoms with Gasteiger partial charge in [0.2, 0.25) is 0 Å². The van der Waals surface area contributed by atoms with E-state index in [1.165, 1.54) is 0 Å². The molecule has 2 aromatic carbocycles. The first-order valence-corrected chi connectivity index (χ1v) is 9.87. The van der Waals surface area contributed by atoms with Crippen LogP contribution in [-0.4, -0.2) is 12.9 Å². The molecule has 0 aliphatic heterocycles. The van der Waals surface area contributed by atoms with Crippen LogP contribution in [0.4, 0.5) is 0 Å². The van der Waals surface area contributed by atoms with E-state index in [9.17, 15) is 4.79 Å². The lowest BCUT2D eigenvalue weighted by Gasteiger charge is -2.14. The molecule has 0 saturated carbocycles. The Morgan fingerprint density at radius 3 is 2.14 bits per heavy atom. The van der Waals surface area contributed by atoms with Crippen molar-refractivity contribution in [2.24, 2.45) is 0 Å². The first kappa shape index (κ1) is 19.9. The summed E-state index contributed by atoms with van der Waals surface area (Å²) in [7, 11) is 1.69. The van der Waals surface area contributed by atoms with Gasteiger partial charge in [-0.1, -0.05) is 44.2 Å². The highest BCUT2D eigenvalue weighted by molar-refractivity contribution is 6.11. The van der Waals surface area contributed by atoms with Crippen LogP contribution in [0.1, 0.15) is 63.5 Å². The molecule has 1 heterocycles. The van der Waals surface area contributed by atoms with Crippen molar-refractivity contribution in [3.05, 3.63) is 87.4 Å². The van der Waals surface area contributed by atoms with E-state index in [0.29, 0.717) is 17.5 Å². The zero-order valence-corrected chi connectivity index (χ0v) is 17.4. The van der Waals surface area contributed by atoms with Gasteiger partial charge in [-0.2, -0.15) is 0 Å². The Kier molecular flexibility index (Phi) is 6.03. The van der Waals surface area contributed by atoms with Crippen LogP contribution in [0.2, 0.25) is 0 Å². The van der Waals surface area contributed by atoms with Crippen LogP contribution < -0.4 is 4.74 Å².